The van der Waals surface area contributed by atoms with E-state index in [0.717, 1.165) is 11.1 Å². The number of aryl methyl sites for hydroxylation is 1. The van der Waals surface area contributed by atoms with Gasteiger partial charge in [0.2, 0.25) is 0 Å². The van der Waals surface area contributed by atoms with Gasteiger partial charge in [-0.05, 0) is 19.4 Å². The molecule has 15 heavy (non-hydrogen) atoms. The summed E-state index contributed by atoms with van der Waals surface area (Å²) in [7, 11) is 0. The number of rotatable bonds is 3. The first-order chi connectivity index (χ1) is 7.15. The van der Waals surface area contributed by atoms with E-state index >= 15 is 0 Å². The zero-order chi connectivity index (χ0) is 11.3. The number of hydrogen-bond acceptors (Lipinski definition) is 0. The lowest BCUT2D eigenvalue weighted by atomic mass is 10.0. The number of hydrogen-bond donors (Lipinski definition) is 0. The van der Waals surface area contributed by atoms with Crippen LogP contribution in [0, 0.1) is 6.92 Å². The second kappa shape index (κ2) is 5.30. The van der Waals surface area contributed by atoms with Crippen molar-refractivity contribution in [3.63, 3.8) is 0 Å². The Morgan fingerprint density at radius 2 is 1.87 bits per heavy atom. The molecule has 78 valence electrons. The molecule has 1 aromatic carbocycles. The zero-order valence-electron chi connectivity index (χ0n) is 9.13. The van der Waals surface area contributed by atoms with Gasteiger partial charge in [0, 0.05) is 5.57 Å². The van der Waals surface area contributed by atoms with Gasteiger partial charge in [0.05, 0.1) is 0 Å². The lowest BCUT2D eigenvalue weighted by Crippen LogP contribution is -1.84. The van der Waals surface area contributed by atoms with Crippen molar-refractivity contribution in [1.82, 2.24) is 0 Å². The van der Waals surface area contributed by atoms with Gasteiger partial charge >= 0.3 is 0 Å². The van der Waals surface area contributed by atoms with E-state index in [1.54, 1.807) is 12.2 Å². The van der Waals surface area contributed by atoms with Gasteiger partial charge in [-0.25, -0.2) is 4.39 Å². The minimum Gasteiger partial charge on any atom is -0.207 e. The molecule has 0 aliphatic rings. The molecule has 0 spiro atoms. The van der Waals surface area contributed by atoms with E-state index < -0.39 is 5.83 Å². The maximum Gasteiger partial charge on any atom is 0.123 e. The highest BCUT2D eigenvalue weighted by Crippen LogP contribution is 2.23. The molecule has 0 aliphatic heterocycles. The molecule has 1 aromatic rings. The van der Waals surface area contributed by atoms with Crippen molar-refractivity contribution in [3.05, 3.63) is 66.0 Å². The van der Waals surface area contributed by atoms with E-state index in [0.29, 0.717) is 5.57 Å². The molecule has 0 unspecified atom stereocenters. The van der Waals surface area contributed by atoms with Gasteiger partial charge in [-0.15, -0.1) is 0 Å². The van der Waals surface area contributed by atoms with Gasteiger partial charge in [-0.3, -0.25) is 0 Å². The van der Waals surface area contributed by atoms with Gasteiger partial charge in [0.25, 0.3) is 0 Å². The van der Waals surface area contributed by atoms with Crippen LogP contribution in [0.2, 0.25) is 0 Å². The highest BCUT2D eigenvalue weighted by atomic mass is 19.1. The molecule has 0 aromatic heterocycles. The fourth-order valence-electron chi connectivity index (χ4n) is 1.27. The van der Waals surface area contributed by atoms with Crippen LogP contribution in [-0.2, 0) is 0 Å². The normalized spacial score (nSPS) is 12.1. The van der Waals surface area contributed by atoms with Crippen LogP contribution in [0.25, 0.3) is 5.57 Å². The molecule has 0 bridgehead atoms. The smallest absolute Gasteiger partial charge is 0.123 e. The Bertz CT molecular complexity index is 394. The Morgan fingerprint density at radius 3 is 2.33 bits per heavy atom. The Morgan fingerprint density at radius 1 is 1.27 bits per heavy atom. The van der Waals surface area contributed by atoms with E-state index in [1.807, 2.05) is 44.2 Å². The molecule has 0 nitrogen and oxygen atoms in total. The summed E-state index contributed by atoms with van der Waals surface area (Å²) < 4.78 is 13.2. The van der Waals surface area contributed by atoms with Crippen molar-refractivity contribution >= 4 is 5.57 Å². The molecule has 1 heteroatoms. The third-order valence-electron chi connectivity index (χ3n) is 2.11. The molecule has 0 atom stereocenters. The summed E-state index contributed by atoms with van der Waals surface area (Å²) in [5.41, 5.74) is 2.55. The average molecular weight is 202 g/mol. The third-order valence-corrected chi connectivity index (χ3v) is 2.11. The van der Waals surface area contributed by atoms with E-state index in [4.69, 9.17) is 0 Å². The van der Waals surface area contributed by atoms with E-state index in [2.05, 4.69) is 6.58 Å². The van der Waals surface area contributed by atoms with Crippen LogP contribution in [0.15, 0.2) is 54.9 Å². The number of benzene rings is 1. The summed E-state index contributed by atoms with van der Waals surface area (Å²) in [5, 5.41) is 0. The summed E-state index contributed by atoms with van der Waals surface area (Å²) in [4.78, 5) is 0. The fourth-order valence-corrected chi connectivity index (χ4v) is 1.27. The first-order valence-corrected chi connectivity index (χ1v) is 4.90. The van der Waals surface area contributed by atoms with Crippen LogP contribution in [0.1, 0.15) is 18.1 Å². The summed E-state index contributed by atoms with van der Waals surface area (Å²) in [6.45, 7) is 7.23. The van der Waals surface area contributed by atoms with Crippen LogP contribution in [-0.4, -0.2) is 0 Å². The first kappa shape index (κ1) is 11.4. The second-order valence-corrected chi connectivity index (χ2v) is 3.38. The van der Waals surface area contributed by atoms with Crippen LogP contribution in [0.3, 0.4) is 0 Å². The average Bonchev–Trinajstić information content (AvgIpc) is 2.21. The van der Waals surface area contributed by atoms with Crippen LogP contribution >= 0.6 is 0 Å². The monoisotopic (exact) mass is 202 g/mol. The fraction of sp³-hybridized carbons (Fsp3) is 0.143. The molecular formula is C14H15F. The highest BCUT2D eigenvalue weighted by Gasteiger charge is 2.03. The van der Waals surface area contributed by atoms with E-state index in [-0.39, 0.29) is 0 Å². The van der Waals surface area contributed by atoms with Crippen molar-refractivity contribution in [2.45, 2.75) is 13.8 Å². The van der Waals surface area contributed by atoms with Gasteiger partial charge in [-0.1, -0.05) is 54.6 Å². The van der Waals surface area contributed by atoms with Gasteiger partial charge < -0.3 is 0 Å². The van der Waals surface area contributed by atoms with Crippen molar-refractivity contribution in [1.29, 1.82) is 0 Å². The predicted molar refractivity (Wildman–Crippen MR) is 64.2 cm³/mol. The quantitative estimate of drug-likeness (QED) is 0.636. The number of allylic oxidation sites excluding steroid dienone is 5. The maximum absolute atomic E-state index is 13.2. The summed E-state index contributed by atoms with van der Waals surface area (Å²) >= 11 is 0. The molecule has 0 saturated carbocycles. The largest absolute Gasteiger partial charge is 0.207 e. The molecule has 0 fully saturated rings. The van der Waals surface area contributed by atoms with E-state index in [1.165, 1.54) is 0 Å². The Kier molecular flexibility index (Phi) is 4.04. The molecule has 0 saturated heterocycles. The number of halogens is 1. The van der Waals surface area contributed by atoms with Crippen molar-refractivity contribution in [2.75, 3.05) is 0 Å². The van der Waals surface area contributed by atoms with Crippen LogP contribution in [0.5, 0.6) is 0 Å². The Hall–Kier alpha value is -1.63. The standard InChI is InChI=1S/C14H15F/c1-4-5-6-14(12(3)15)13-9-7-11(2)8-10-13/h4-10H,3H2,1-2H3/b5-4-,14-6+. The van der Waals surface area contributed by atoms with Crippen LogP contribution in [0.4, 0.5) is 4.39 Å². The van der Waals surface area contributed by atoms with Crippen LogP contribution < -0.4 is 0 Å². The van der Waals surface area contributed by atoms with Crippen molar-refractivity contribution in [3.8, 4) is 0 Å². The molecule has 0 N–H and O–H groups in total. The van der Waals surface area contributed by atoms with Gasteiger partial charge in [-0.2, -0.15) is 0 Å². The molecule has 0 amide bonds. The SMILES string of the molecule is C=C(F)/C(=C\C=C/C)c1ccc(C)cc1. The minimum atomic E-state index is -0.406. The Labute approximate surface area is 90.4 Å². The van der Waals surface area contributed by atoms with E-state index in [9.17, 15) is 4.39 Å². The lowest BCUT2D eigenvalue weighted by molar-refractivity contribution is 0.678. The summed E-state index contributed by atoms with van der Waals surface area (Å²) in [5.74, 6) is -0.406. The summed E-state index contributed by atoms with van der Waals surface area (Å²) in [6.07, 6.45) is 5.39. The topological polar surface area (TPSA) is 0 Å². The van der Waals surface area contributed by atoms with Crippen molar-refractivity contribution < 1.29 is 4.39 Å². The predicted octanol–water partition coefficient (Wildman–Crippen LogP) is 4.44. The molecular weight excluding hydrogens is 187 g/mol. The Balaban J connectivity index is 3.10. The molecule has 0 radical (unpaired) electrons. The van der Waals surface area contributed by atoms with Gasteiger partial charge in [0.15, 0.2) is 0 Å². The molecule has 1 rings (SSSR count). The molecule has 0 heterocycles. The lowest BCUT2D eigenvalue weighted by Gasteiger charge is -2.04. The maximum atomic E-state index is 13.2. The third kappa shape index (κ3) is 3.21. The first-order valence-electron chi connectivity index (χ1n) is 4.90. The molecule has 0 aliphatic carbocycles. The highest BCUT2D eigenvalue weighted by molar-refractivity contribution is 5.77. The second-order valence-electron chi connectivity index (χ2n) is 3.38. The summed E-state index contributed by atoms with van der Waals surface area (Å²) in [6, 6.07) is 7.72. The van der Waals surface area contributed by atoms with Gasteiger partial charge in [0.1, 0.15) is 5.83 Å². The minimum absolute atomic E-state index is 0.406. The van der Waals surface area contributed by atoms with Crippen molar-refractivity contribution in [2.24, 2.45) is 0 Å². The zero-order valence-corrected chi connectivity index (χ0v) is 9.13.